The van der Waals surface area contributed by atoms with Crippen molar-refractivity contribution in [3.8, 4) is 33.8 Å². The molecule has 6 rings (SSSR count). The molecule has 0 saturated heterocycles. The molecule has 160 valence electrons. The van der Waals surface area contributed by atoms with Crippen LogP contribution in [0.4, 0.5) is 0 Å². The molecule has 0 heterocycles. The van der Waals surface area contributed by atoms with Gasteiger partial charge in [-0.25, -0.2) is 0 Å². The maximum atomic E-state index is 11.7. The Hall–Kier alpha value is -4.18. The van der Waals surface area contributed by atoms with E-state index in [4.69, 9.17) is 9.47 Å². The minimum atomic E-state index is -0.607. The van der Waals surface area contributed by atoms with Crippen molar-refractivity contribution in [2.24, 2.45) is 0 Å². The van der Waals surface area contributed by atoms with E-state index in [0.29, 0.717) is 11.5 Å². The van der Waals surface area contributed by atoms with E-state index in [-0.39, 0.29) is 11.9 Å². The zero-order valence-corrected chi connectivity index (χ0v) is 18.2. The molecule has 0 bridgehead atoms. The van der Waals surface area contributed by atoms with Crippen molar-refractivity contribution in [2.45, 2.75) is 19.3 Å². The Labute approximate surface area is 191 Å². The lowest BCUT2D eigenvalue weighted by atomic mass is 9.70. The van der Waals surface area contributed by atoms with Crippen LogP contribution in [0.25, 0.3) is 22.3 Å². The SMILES string of the molecule is CC(=O)Oc1ccc2c(c1)C1(c3ccccc3-2)c2ccccc2-c2ccc(OC(C)=O)cc21. The van der Waals surface area contributed by atoms with E-state index in [9.17, 15) is 9.59 Å². The molecule has 33 heavy (non-hydrogen) atoms. The second-order valence-electron chi connectivity index (χ2n) is 8.44. The van der Waals surface area contributed by atoms with Gasteiger partial charge in [-0.15, -0.1) is 0 Å². The molecule has 0 saturated carbocycles. The van der Waals surface area contributed by atoms with E-state index in [1.807, 2.05) is 48.5 Å². The van der Waals surface area contributed by atoms with Crippen LogP contribution in [-0.4, -0.2) is 11.9 Å². The summed E-state index contributed by atoms with van der Waals surface area (Å²) < 4.78 is 11.0. The molecule has 4 aromatic rings. The highest BCUT2D eigenvalue weighted by molar-refractivity contribution is 5.95. The number of hydrogen-bond acceptors (Lipinski definition) is 4. The lowest BCUT2D eigenvalue weighted by molar-refractivity contribution is -0.132. The van der Waals surface area contributed by atoms with E-state index >= 15 is 0 Å². The fourth-order valence-corrected chi connectivity index (χ4v) is 5.56. The van der Waals surface area contributed by atoms with Gasteiger partial charge in [-0.2, -0.15) is 0 Å². The smallest absolute Gasteiger partial charge is 0.308 e. The predicted molar refractivity (Wildman–Crippen MR) is 125 cm³/mol. The minimum absolute atomic E-state index is 0.358. The summed E-state index contributed by atoms with van der Waals surface area (Å²) in [6, 6.07) is 28.4. The van der Waals surface area contributed by atoms with Gasteiger partial charge in [0, 0.05) is 13.8 Å². The van der Waals surface area contributed by atoms with Crippen molar-refractivity contribution in [2.75, 3.05) is 0 Å². The molecule has 0 fully saturated rings. The number of carbonyl (C=O) groups excluding carboxylic acids is 2. The van der Waals surface area contributed by atoms with Gasteiger partial charge >= 0.3 is 11.9 Å². The maximum Gasteiger partial charge on any atom is 0.308 e. The molecule has 1 spiro atoms. The number of fused-ring (bicyclic) bond motifs is 10. The van der Waals surface area contributed by atoms with Crippen LogP contribution in [0.15, 0.2) is 84.9 Å². The van der Waals surface area contributed by atoms with Gasteiger partial charge in [0.15, 0.2) is 0 Å². The number of carbonyl (C=O) groups is 2. The fourth-order valence-electron chi connectivity index (χ4n) is 5.56. The molecule has 2 aliphatic rings. The van der Waals surface area contributed by atoms with Crippen molar-refractivity contribution in [3.05, 3.63) is 107 Å². The molecular formula is C29H20O4. The fraction of sp³-hybridized carbons (Fsp3) is 0.103. The lowest BCUT2D eigenvalue weighted by Gasteiger charge is -2.30. The van der Waals surface area contributed by atoms with Crippen molar-refractivity contribution >= 4 is 11.9 Å². The first-order chi connectivity index (χ1) is 16.0. The molecule has 0 aromatic heterocycles. The Morgan fingerprint density at radius 2 is 0.939 bits per heavy atom. The summed E-state index contributed by atoms with van der Waals surface area (Å²) in [6.07, 6.45) is 0. The summed E-state index contributed by atoms with van der Waals surface area (Å²) in [5.74, 6) is 0.304. The van der Waals surface area contributed by atoms with Gasteiger partial charge in [0.1, 0.15) is 11.5 Å². The summed E-state index contributed by atoms with van der Waals surface area (Å²) in [4.78, 5) is 23.4. The Bertz CT molecular complexity index is 1370. The Morgan fingerprint density at radius 1 is 0.545 bits per heavy atom. The predicted octanol–water partition coefficient (Wildman–Crippen LogP) is 5.88. The van der Waals surface area contributed by atoms with Crippen LogP contribution in [0.1, 0.15) is 36.1 Å². The largest absolute Gasteiger partial charge is 0.427 e. The lowest BCUT2D eigenvalue weighted by Crippen LogP contribution is -2.26. The molecule has 0 amide bonds. The van der Waals surface area contributed by atoms with Crippen molar-refractivity contribution in [1.82, 2.24) is 0 Å². The Kier molecular flexibility index (Phi) is 4.08. The summed E-state index contributed by atoms with van der Waals surface area (Å²) in [7, 11) is 0. The zero-order valence-electron chi connectivity index (χ0n) is 18.2. The Balaban J connectivity index is 1.74. The average molecular weight is 432 g/mol. The zero-order chi connectivity index (χ0) is 22.7. The molecule has 0 aliphatic heterocycles. The average Bonchev–Trinajstić information content (AvgIpc) is 3.25. The van der Waals surface area contributed by atoms with Crippen molar-refractivity contribution in [1.29, 1.82) is 0 Å². The molecule has 0 N–H and O–H groups in total. The summed E-state index contributed by atoms with van der Waals surface area (Å²) in [5, 5.41) is 0. The van der Waals surface area contributed by atoms with Gasteiger partial charge in [0.05, 0.1) is 5.41 Å². The van der Waals surface area contributed by atoms with Gasteiger partial charge in [-0.1, -0.05) is 60.7 Å². The number of ether oxygens (including phenoxy) is 2. The minimum Gasteiger partial charge on any atom is -0.427 e. The summed E-state index contributed by atoms with van der Waals surface area (Å²) >= 11 is 0. The Morgan fingerprint density at radius 3 is 1.36 bits per heavy atom. The number of hydrogen-bond donors (Lipinski definition) is 0. The van der Waals surface area contributed by atoms with Crippen molar-refractivity contribution < 1.29 is 19.1 Å². The quantitative estimate of drug-likeness (QED) is 0.253. The molecule has 2 aliphatic carbocycles. The van der Waals surface area contributed by atoms with Crippen LogP contribution in [-0.2, 0) is 15.0 Å². The third-order valence-corrected chi connectivity index (χ3v) is 6.56. The molecule has 4 heteroatoms. The first-order valence-corrected chi connectivity index (χ1v) is 10.9. The molecule has 0 radical (unpaired) electrons. The van der Waals surface area contributed by atoms with Crippen LogP contribution in [0.5, 0.6) is 11.5 Å². The van der Waals surface area contributed by atoms with Crippen LogP contribution < -0.4 is 9.47 Å². The highest BCUT2D eigenvalue weighted by atomic mass is 16.5. The van der Waals surface area contributed by atoms with E-state index in [1.165, 1.54) is 13.8 Å². The molecule has 4 aromatic carbocycles. The van der Waals surface area contributed by atoms with Crippen LogP contribution in [0.2, 0.25) is 0 Å². The first kappa shape index (κ1) is 19.5. The highest BCUT2D eigenvalue weighted by Gasteiger charge is 2.51. The second kappa shape index (κ2) is 6.91. The van der Waals surface area contributed by atoms with Gasteiger partial charge in [0.2, 0.25) is 0 Å². The standard InChI is InChI=1S/C29H20O4/c1-17(30)32-19-11-13-23-21-7-3-5-9-25(21)29(27(23)15-19)26-10-6-4-8-22(26)24-14-12-20(16-28(24)29)33-18(2)31/h3-16H,1-2H3. The van der Waals surface area contributed by atoms with Gasteiger partial charge < -0.3 is 9.47 Å². The number of esters is 2. The normalized spacial score (nSPS) is 13.6. The third kappa shape index (κ3) is 2.64. The van der Waals surface area contributed by atoms with Crippen LogP contribution in [0.3, 0.4) is 0 Å². The molecule has 0 atom stereocenters. The first-order valence-electron chi connectivity index (χ1n) is 10.9. The monoisotopic (exact) mass is 432 g/mol. The van der Waals surface area contributed by atoms with E-state index in [0.717, 1.165) is 44.5 Å². The van der Waals surface area contributed by atoms with E-state index < -0.39 is 5.41 Å². The summed E-state index contributed by atoms with van der Waals surface area (Å²) in [5.41, 5.74) is 8.29. The highest BCUT2D eigenvalue weighted by Crippen LogP contribution is 2.63. The van der Waals surface area contributed by atoms with Crippen LogP contribution >= 0.6 is 0 Å². The molecule has 0 unspecified atom stereocenters. The maximum absolute atomic E-state index is 11.7. The second-order valence-corrected chi connectivity index (χ2v) is 8.44. The molecular weight excluding hydrogens is 412 g/mol. The van der Waals surface area contributed by atoms with Gasteiger partial charge in [-0.3, -0.25) is 9.59 Å². The van der Waals surface area contributed by atoms with Gasteiger partial charge in [-0.05, 0) is 68.8 Å². The molecule has 4 nitrogen and oxygen atoms in total. The number of benzene rings is 4. The topological polar surface area (TPSA) is 52.6 Å². The van der Waals surface area contributed by atoms with E-state index in [1.54, 1.807) is 0 Å². The number of rotatable bonds is 2. The van der Waals surface area contributed by atoms with E-state index in [2.05, 4.69) is 36.4 Å². The van der Waals surface area contributed by atoms with Crippen LogP contribution in [0, 0.1) is 0 Å². The van der Waals surface area contributed by atoms with Gasteiger partial charge in [0.25, 0.3) is 0 Å². The summed E-state index contributed by atoms with van der Waals surface area (Å²) in [6.45, 7) is 2.81. The third-order valence-electron chi connectivity index (χ3n) is 6.56. The van der Waals surface area contributed by atoms with Crippen molar-refractivity contribution in [3.63, 3.8) is 0 Å².